The summed E-state index contributed by atoms with van der Waals surface area (Å²) in [5.74, 6) is -0.0309. The van der Waals surface area contributed by atoms with Crippen molar-refractivity contribution in [1.82, 2.24) is 5.43 Å². The van der Waals surface area contributed by atoms with Gasteiger partial charge in [0.2, 0.25) is 5.91 Å². The van der Waals surface area contributed by atoms with Crippen molar-refractivity contribution in [3.8, 4) is 11.5 Å². The van der Waals surface area contributed by atoms with Crippen molar-refractivity contribution in [2.75, 3.05) is 7.11 Å². The van der Waals surface area contributed by atoms with Gasteiger partial charge in [0.25, 0.3) is 0 Å². The number of hydrazone groups is 1. The number of carbonyl (C=O) groups excluding carboxylic acids is 2. The van der Waals surface area contributed by atoms with E-state index in [1.807, 2.05) is 30.3 Å². The number of nitrogens with one attached hydrogen (secondary N) is 1. The number of nitrogens with zero attached hydrogens (tertiary/aromatic N) is 1. The molecule has 0 aliphatic rings. The molecule has 3 rings (SSSR count). The summed E-state index contributed by atoms with van der Waals surface area (Å²) in [4.78, 5) is 24.2. The highest BCUT2D eigenvalue weighted by Crippen LogP contribution is 2.28. The highest BCUT2D eigenvalue weighted by molar-refractivity contribution is 9.10. The van der Waals surface area contributed by atoms with Gasteiger partial charge in [0, 0.05) is 4.47 Å². The van der Waals surface area contributed by atoms with E-state index in [9.17, 15) is 9.59 Å². The molecule has 6 nitrogen and oxygen atoms in total. The van der Waals surface area contributed by atoms with Crippen LogP contribution in [-0.4, -0.2) is 25.2 Å². The molecule has 7 heteroatoms. The van der Waals surface area contributed by atoms with Gasteiger partial charge in [0.15, 0.2) is 11.5 Å². The maximum absolute atomic E-state index is 12.2. The molecule has 0 aliphatic carbocycles. The van der Waals surface area contributed by atoms with Crippen molar-refractivity contribution >= 4 is 34.0 Å². The van der Waals surface area contributed by atoms with E-state index in [4.69, 9.17) is 9.47 Å². The van der Waals surface area contributed by atoms with Crippen LogP contribution < -0.4 is 14.9 Å². The van der Waals surface area contributed by atoms with E-state index >= 15 is 0 Å². The minimum absolute atomic E-state index is 0.225. The third kappa shape index (κ3) is 6.02. The minimum Gasteiger partial charge on any atom is -0.493 e. The summed E-state index contributed by atoms with van der Waals surface area (Å²) in [5.41, 5.74) is 4.50. The van der Waals surface area contributed by atoms with Crippen LogP contribution in [0.1, 0.15) is 21.5 Å². The number of halogens is 1. The molecule has 0 saturated heterocycles. The Labute approximate surface area is 182 Å². The van der Waals surface area contributed by atoms with Crippen LogP contribution in [0.2, 0.25) is 0 Å². The van der Waals surface area contributed by atoms with Crippen LogP contribution in [0.3, 0.4) is 0 Å². The highest BCUT2D eigenvalue weighted by Gasteiger charge is 2.12. The van der Waals surface area contributed by atoms with E-state index < -0.39 is 5.97 Å². The second-order valence-electron chi connectivity index (χ2n) is 6.26. The van der Waals surface area contributed by atoms with E-state index in [0.717, 1.165) is 10.0 Å². The summed E-state index contributed by atoms with van der Waals surface area (Å²) in [5, 5.41) is 3.97. The van der Waals surface area contributed by atoms with Crippen LogP contribution in [0, 0.1) is 0 Å². The van der Waals surface area contributed by atoms with Crippen LogP contribution in [0.15, 0.2) is 82.4 Å². The Morgan fingerprint density at radius 3 is 2.43 bits per heavy atom. The smallest absolute Gasteiger partial charge is 0.343 e. The van der Waals surface area contributed by atoms with E-state index in [2.05, 4.69) is 26.5 Å². The Bertz CT molecular complexity index is 1050. The SMILES string of the molecule is COc1cc(/C=N\NC(=O)Cc2ccc(Br)cc2)ccc1OC(=O)c1ccccc1. The number of hydrogen-bond donors (Lipinski definition) is 1. The Morgan fingerprint density at radius 1 is 1.00 bits per heavy atom. The normalized spacial score (nSPS) is 10.6. The standard InChI is InChI=1S/C23H19BrN2O4/c1-29-21-13-17(9-12-20(21)30-23(28)18-5-3-2-4-6-18)15-25-26-22(27)14-16-7-10-19(24)11-8-16/h2-13,15H,14H2,1H3,(H,26,27)/b25-15-. The Hall–Kier alpha value is -3.45. The Balaban J connectivity index is 1.60. The number of esters is 1. The summed E-state index contributed by atoms with van der Waals surface area (Å²) in [6, 6.07) is 21.2. The van der Waals surface area contributed by atoms with Gasteiger partial charge in [0.05, 0.1) is 25.3 Å². The second-order valence-corrected chi connectivity index (χ2v) is 7.18. The molecule has 0 unspecified atom stereocenters. The average Bonchev–Trinajstić information content (AvgIpc) is 2.77. The van der Waals surface area contributed by atoms with Crippen LogP contribution in [0.5, 0.6) is 11.5 Å². The molecule has 3 aromatic carbocycles. The van der Waals surface area contributed by atoms with E-state index in [1.165, 1.54) is 13.3 Å². The highest BCUT2D eigenvalue weighted by atomic mass is 79.9. The van der Waals surface area contributed by atoms with Crippen LogP contribution in [-0.2, 0) is 11.2 Å². The van der Waals surface area contributed by atoms with Crippen molar-refractivity contribution in [3.63, 3.8) is 0 Å². The minimum atomic E-state index is -0.476. The third-order valence-electron chi connectivity index (χ3n) is 4.08. The van der Waals surface area contributed by atoms with Crippen molar-refractivity contribution in [2.45, 2.75) is 6.42 Å². The van der Waals surface area contributed by atoms with E-state index in [0.29, 0.717) is 22.6 Å². The maximum Gasteiger partial charge on any atom is 0.343 e. The lowest BCUT2D eigenvalue weighted by molar-refractivity contribution is -0.120. The zero-order chi connectivity index (χ0) is 21.3. The summed E-state index contributed by atoms with van der Waals surface area (Å²) < 4.78 is 11.7. The first-order valence-corrected chi connectivity index (χ1v) is 9.86. The molecule has 0 aliphatic heterocycles. The summed E-state index contributed by atoms with van der Waals surface area (Å²) in [6.45, 7) is 0. The number of hydrogen-bond acceptors (Lipinski definition) is 5. The second kappa shape index (κ2) is 10.4. The number of carbonyl (C=O) groups is 2. The molecule has 1 amide bonds. The molecule has 0 fully saturated rings. The van der Waals surface area contributed by atoms with Gasteiger partial charge in [-0.05, 0) is 53.6 Å². The molecule has 0 heterocycles. The van der Waals surface area contributed by atoms with E-state index in [-0.39, 0.29) is 12.3 Å². The van der Waals surface area contributed by atoms with Crippen LogP contribution in [0.4, 0.5) is 0 Å². The van der Waals surface area contributed by atoms with Crippen molar-refractivity contribution in [3.05, 3.63) is 94.0 Å². The number of benzene rings is 3. The van der Waals surface area contributed by atoms with Gasteiger partial charge in [-0.2, -0.15) is 5.10 Å². The zero-order valence-electron chi connectivity index (χ0n) is 16.2. The number of ether oxygens (including phenoxy) is 2. The number of methoxy groups -OCH3 is 1. The molecule has 0 saturated carbocycles. The van der Waals surface area contributed by atoms with Gasteiger partial charge in [0.1, 0.15) is 0 Å². The monoisotopic (exact) mass is 466 g/mol. The summed E-state index contributed by atoms with van der Waals surface area (Å²) in [7, 11) is 1.48. The lowest BCUT2D eigenvalue weighted by Crippen LogP contribution is -2.19. The van der Waals surface area contributed by atoms with Gasteiger partial charge in [-0.15, -0.1) is 0 Å². The molecule has 1 N–H and O–H groups in total. The van der Waals surface area contributed by atoms with Gasteiger partial charge in [-0.25, -0.2) is 10.2 Å². The van der Waals surface area contributed by atoms with Gasteiger partial charge in [-0.1, -0.05) is 46.3 Å². The van der Waals surface area contributed by atoms with Gasteiger partial charge in [-0.3, -0.25) is 4.79 Å². The van der Waals surface area contributed by atoms with Crippen molar-refractivity contribution in [1.29, 1.82) is 0 Å². The Kier molecular flexibility index (Phi) is 7.34. The first kappa shape index (κ1) is 21.3. The molecular weight excluding hydrogens is 448 g/mol. The lowest BCUT2D eigenvalue weighted by Gasteiger charge is -2.10. The zero-order valence-corrected chi connectivity index (χ0v) is 17.8. The summed E-state index contributed by atoms with van der Waals surface area (Å²) in [6.07, 6.45) is 1.72. The molecular formula is C23H19BrN2O4. The molecule has 3 aromatic rings. The third-order valence-corrected chi connectivity index (χ3v) is 4.61. The fourth-order valence-electron chi connectivity index (χ4n) is 2.59. The quantitative estimate of drug-likeness (QED) is 0.242. The van der Waals surface area contributed by atoms with Gasteiger partial charge < -0.3 is 9.47 Å². The van der Waals surface area contributed by atoms with Crippen molar-refractivity contribution < 1.29 is 19.1 Å². The molecule has 30 heavy (non-hydrogen) atoms. The number of amides is 1. The van der Waals surface area contributed by atoms with Crippen molar-refractivity contribution in [2.24, 2.45) is 5.10 Å². The molecule has 152 valence electrons. The predicted octanol–water partition coefficient (Wildman–Crippen LogP) is 4.37. The average molecular weight is 467 g/mol. The largest absolute Gasteiger partial charge is 0.493 e. The first-order chi connectivity index (χ1) is 14.5. The fourth-order valence-corrected chi connectivity index (χ4v) is 2.85. The molecule has 0 bridgehead atoms. The molecule has 0 spiro atoms. The first-order valence-electron chi connectivity index (χ1n) is 9.07. The van der Waals surface area contributed by atoms with Gasteiger partial charge >= 0.3 is 5.97 Å². The molecule has 0 atom stereocenters. The van der Waals surface area contributed by atoms with Crippen LogP contribution >= 0.6 is 15.9 Å². The fraction of sp³-hybridized carbons (Fsp3) is 0.0870. The summed E-state index contributed by atoms with van der Waals surface area (Å²) >= 11 is 3.36. The predicted molar refractivity (Wildman–Crippen MR) is 118 cm³/mol. The Morgan fingerprint density at radius 2 is 1.73 bits per heavy atom. The molecule has 0 aromatic heterocycles. The number of rotatable bonds is 7. The van der Waals surface area contributed by atoms with Crippen LogP contribution in [0.25, 0.3) is 0 Å². The topological polar surface area (TPSA) is 77.0 Å². The maximum atomic E-state index is 12.2. The molecule has 0 radical (unpaired) electrons. The lowest BCUT2D eigenvalue weighted by atomic mass is 10.1. The van der Waals surface area contributed by atoms with E-state index in [1.54, 1.807) is 42.5 Å².